The largest absolute Gasteiger partial charge is 0.365 e. The molecule has 1 aromatic carbocycles. The Morgan fingerprint density at radius 2 is 2.17 bits per heavy atom. The van der Waals surface area contributed by atoms with Crippen molar-refractivity contribution in [2.75, 3.05) is 18.0 Å². The first-order chi connectivity index (χ1) is 8.65. The summed E-state index contributed by atoms with van der Waals surface area (Å²) in [5.74, 6) is 0.661. The fraction of sp³-hybridized carbons (Fsp3) is 0.571. The molecule has 1 saturated carbocycles. The fourth-order valence-electron chi connectivity index (χ4n) is 2.74. The molecule has 2 aliphatic rings. The normalized spacial score (nSPS) is 28.5. The third-order valence-electron chi connectivity index (χ3n) is 4.01. The number of hydrogen-bond donors (Lipinski definition) is 1. The van der Waals surface area contributed by atoms with E-state index in [0.717, 1.165) is 29.2 Å². The van der Waals surface area contributed by atoms with Crippen LogP contribution in [0.25, 0.3) is 0 Å². The van der Waals surface area contributed by atoms with Gasteiger partial charge in [0, 0.05) is 29.6 Å². The Morgan fingerprint density at radius 1 is 1.39 bits per heavy atom. The zero-order valence-corrected chi connectivity index (χ0v) is 12.1. The van der Waals surface area contributed by atoms with Gasteiger partial charge in [0.1, 0.15) is 5.82 Å². The molecule has 0 spiro atoms. The van der Waals surface area contributed by atoms with E-state index in [4.69, 9.17) is 0 Å². The monoisotopic (exact) mass is 312 g/mol. The molecule has 4 heteroatoms. The molecular formula is C14H18BrFN2. The molecule has 0 bridgehead atoms. The van der Waals surface area contributed by atoms with Gasteiger partial charge in [-0.2, -0.15) is 0 Å². The molecule has 3 rings (SSSR count). The van der Waals surface area contributed by atoms with Gasteiger partial charge in [-0.1, -0.05) is 0 Å². The highest BCUT2D eigenvalue weighted by Gasteiger charge is 2.36. The van der Waals surface area contributed by atoms with E-state index >= 15 is 0 Å². The molecule has 98 valence electrons. The third-order valence-corrected chi connectivity index (χ3v) is 4.68. The van der Waals surface area contributed by atoms with Crippen LogP contribution in [0.1, 0.15) is 19.8 Å². The van der Waals surface area contributed by atoms with Gasteiger partial charge in [-0.15, -0.1) is 0 Å². The van der Waals surface area contributed by atoms with Gasteiger partial charge in [-0.05, 0) is 59.8 Å². The summed E-state index contributed by atoms with van der Waals surface area (Å²) in [5, 5.41) is 3.61. The van der Waals surface area contributed by atoms with Crippen LogP contribution in [0.3, 0.4) is 0 Å². The summed E-state index contributed by atoms with van der Waals surface area (Å²) in [6, 6.07) is 5.90. The zero-order valence-electron chi connectivity index (χ0n) is 10.5. The van der Waals surface area contributed by atoms with Crippen molar-refractivity contribution in [3.63, 3.8) is 0 Å². The van der Waals surface area contributed by atoms with Gasteiger partial charge in [0.15, 0.2) is 0 Å². The Balaban J connectivity index is 1.85. The molecule has 2 fully saturated rings. The van der Waals surface area contributed by atoms with E-state index in [1.54, 1.807) is 12.1 Å². The fourth-order valence-corrected chi connectivity index (χ4v) is 3.22. The van der Waals surface area contributed by atoms with Gasteiger partial charge in [0.05, 0.1) is 5.69 Å². The summed E-state index contributed by atoms with van der Waals surface area (Å²) in [5.41, 5.74) is 0.981. The van der Waals surface area contributed by atoms with Gasteiger partial charge in [0.25, 0.3) is 0 Å². The van der Waals surface area contributed by atoms with E-state index < -0.39 is 0 Å². The quantitative estimate of drug-likeness (QED) is 0.902. The highest BCUT2D eigenvalue weighted by Crippen LogP contribution is 2.36. The molecule has 2 atom stereocenters. The summed E-state index contributed by atoms with van der Waals surface area (Å²) >= 11 is 3.54. The van der Waals surface area contributed by atoms with E-state index in [1.807, 2.05) is 0 Å². The molecule has 0 radical (unpaired) electrons. The van der Waals surface area contributed by atoms with Crippen molar-refractivity contribution in [3.05, 3.63) is 28.5 Å². The number of rotatable bonds is 2. The molecule has 0 amide bonds. The molecule has 1 aliphatic heterocycles. The van der Waals surface area contributed by atoms with Crippen molar-refractivity contribution in [1.82, 2.24) is 5.32 Å². The lowest BCUT2D eigenvalue weighted by molar-refractivity contribution is 0.375. The minimum absolute atomic E-state index is 0.165. The Hall–Kier alpha value is -0.610. The molecule has 1 saturated heterocycles. The predicted octanol–water partition coefficient (Wildman–Crippen LogP) is 3.16. The first-order valence-electron chi connectivity index (χ1n) is 6.60. The van der Waals surface area contributed by atoms with Gasteiger partial charge < -0.3 is 10.2 Å². The smallest absolute Gasteiger partial charge is 0.125 e. The average molecular weight is 313 g/mol. The molecule has 18 heavy (non-hydrogen) atoms. The molecule has 1 aromatic rings. The maximum Gasteiger partial charge on any atom is 0.125 e. The highest BCUT2D eigenvalue weighted by molar-refractivity contribution is 9.10. The van der Waals surface area contributed by atoms with Gasteiger partial charge >= 0.3 is 0 Å². The Kier molecular flexibility index (Phi) is 3.32. The number of nitrogens with one attached hydrogen (secondary N) is 1. The maximum absolute atomic E-state index is 13.4. The molecular weight excluding hydrogens is 295 g/mol. The lowest BCUT2D eigenvalue weighted by Gasteiger charge is -2.41. The van der Waals surface area contributed by atoms with E-state index in [2.05, 4.69) is 33.1 Å². The Bertz CT molecular complexity index is 447. The summed E-state index contributed by atoms with van der Waals surface area (Å²) in [6.45, 7) is 4.14. The topological polar surface area (TPSA) is 15.3 Å². The average Bonchev–Trinajstić information content (AvgIpc) is 3.17. The van der Waals surface area contributed by atoms with Crippen molar-refractivity contribution in [1.29, 1.82) is 0 Å². The van der Waals surface area contributed by atoms with Crippen LogP contribution in [-0.4, -0.2) is 25.2 Å². The molecule has 1 aliphatic carbocycles. The van der Waals surface area contributed by atoms with Crippen LogP contribution in [0.5, 0.6) is 0 Å². The number of anilines is 1. The summed E-state index contributed by atoms with van der Waals surface area (Å²) in [4.78, 5) is 2.33. The second kappa shape index (κ2) is 4.82. The summed E-state index contributed by atoms with van der Waals surface area (Å²) in [6.07, 6.45) is 2.68. The van der Waals surface area contributed by atoms with Crippen LogP contribution < -0.4 is 10.2 Å². The second-order valence-corrected chi connectivity index (χ2v) is 6.30. The summed E-state index contributed by atoms with van der Waals surface area (Å²) < 4.78 is 14.4. The Labute approximate surface area is 116 Å². The van der Waals surface area contributed by atoms with Gasteiger partial charge in [-0.25, -0.2) is 4.39 Å². The highest BCUT2D eigenvalue weighted by atomic mass is 79.9. The number of piperazine rings is 1. The number of nitrogens with zero attached hydrogens (tertiary/aromatic N) is 1. The standard InChI is InChI=1S/C14H18BrFN2/c1-9-7-17-13(10-2-3-10)8-18(9)14-6-11(16)4-5-12(14)15/h4-6,9-10,13,17H,2-3,7-8H2,1H3. The van der Waals surface area contributed by atoms with Crippen LogP contribution in [0.2, 0.25) is 0 Å². The first-order valence-corrected chi connectivity index (χ1v) is 7.39. The van der Waals surface area contributed by atoms with Crippen molar-refractivity contribution >= 4 is 21.6 Å². The van der Waals surface area contributed by atoms with E-state index in [0.29, 0.717) is 12.1 Å². The lowest BCUT2D eigenvalue weighted by Crippen LogP contribution is -2.56. The predicted molar refractivity (Wildman–Crippen MR) is 75.4 cm³/mol. The SMILES string of the molecule is CC1CNC(C2CC2)CN1c1cc(F)ccc1Br. The van der Waals surface area contributed by atoms with Crippen molar-refractivity contribution in [2.24, 2.45) is 5.92 Å². The van der Waals surface area contributed by atoms with Crippen LogP contribution in [0, 0.1) is 11.7 Å². The Morgan fingerprint density at radius 3 is 2.89 bits per heavy atom. The minimum Gasteiger partial charge on any atom is -0.365 e. The molecule has 1 heterocycles. The van der Waals surface area contributed by atoms with E-state index in [-0.39, 0.29) is 5.82 Å². The van der Waals surface area contributed by atoms with Gasteiger partial charge in [-0.3, -0.25) is 0 Å². The number of halogens is 2. The molecule has 2 unspecified atom stereocenters. The minimum atomic E-state index is -0.165. The second-order valence-electron chi connectivity index (χ2n) is 5.45. The van der Waals surface area contributed by atoms with Crippen molar-refractivity contribution in [3.8, 4) is 0 Å². The van der Waals surface area contributed by atoms with Crippen LogP contribution in [0.15, 0.2) is 22.7 Å². The van der Waals surface area contributed by atoms with E-state index in [9.17, 15) is 4.39 Å². The summed E-state index contributed by atoms with van der Waals surface area (Å²) in [7, 11) is 0. The first kappa shape index (κ1) is 12.4. The molecule has 1 N–H and O–H groups in total. The zero-order chi connectivity index (χ0) is 12.7. The van der Waals surface area contributed by atoms with Crippen molar-refractivity contribution < 1.29 is 4.39 Å². The molecule has 2 nitrogen and oxygen atoms in total. The van der Waals surface area contributed by atoms with Crippen LogP contribution in [-0.2, 0) is 0 Å². The third kappa shape index (κ3) is 2.41. The number of benzene rings is 1. The van der Waals surface area contributed by atoms with Crippen LogP contribution >= 0.6 is 15.9 Å². The lowest BCUT2D eigenvalue weighted by atomic mass is 10.1. The number of hydrogen-bond acceptors (Lipinski definition) is 2. The van der Waals surface area contributed by atoms with Crippen molar-refractivity contribution in [2.45, 2.75) is 31.8 Å². The van der Waals surface area contributed by atoms with E-state index in [1.165, 1.54) is 18.9 Å². The maximum atomic E-state index is 13.4. The van der Waals surface area contributed by atoms with Crippen LogP contribution in [0.4, 0.5) is 10.1 Å². The molecule has 0 aromatic heterocycles. The van der Waals surface area contributed by atoms with Gasteiger partial charge in [0.2, 0.25) is 0 Å².